The Balaban J connectivity index is 1.46. The SMILES string of the molecule is Cc1cc(C)n(CCC(=O)N2CCN(Cc3ccc(Cl)c(Cl)c3)CC2)n1. The number of carbonyl (C=O) groups is 1. The van der Waals surface area contributed by atoms with E-state index in [9.17, 15) is 4.79 Å². The molecule has 0 N–H and O–H groups in total. The van der Waals surface area contributed by atoms with Gasteiger partial charge >= 0.3 is 0 Å². The molecule has 1 amide bonds. The highest BCUT2D eigenvalue weighted by atomic mass is 35.5. The van der Waals surface area contributed by atoms with Crippen molar-refractivity contribution in [3.8, 4) is 0 Å². The number of amides is 1. The predicted octanol–water partition coefficient (Wildman–Crippen LogP) is 3.54. The van der Waals surface area contributed by atoms with Gasteiger partial charge in [0, 0.05) is 51.4 Å². The first-order valence-electron chi connectivity index (χ1n) is 8.87. The van der Waals surface area contributed by atoms with Crippen LogP contribution in [0, 0.1) is 13.8 Å². The first-order chi connectivity index (χ1) is 12.4. The number of benzene rings is 1. The molecule has 1 fully saturated rings. The van der Waals surface area contributed by atoms with E-state index in [1.54, 1.807) is 0 Å². The fraction of sp³-hybridized carbons (Fsp3) is 0.474. The zero-order chi connectivity index (χ0) is 18.7. The number of carbonyl (C=O) groups excluding carboxylic acids is 1. The summed E-state index contributed by atoms with van der Waals surface area (Å²) >= 11 is 12.1. The molecule has 26 heavy (non-hydrogen) atoms. The second kappa shape index (κ2) is 8.42. The molecule has 0 spiro atoms. The minimum absolute atomic E-state index is 0.201. The zero-order valence-electron chi connectivity index (χ0n) is 15.2. The van der Waals surface area contributed by atoms with Gasteiger partial charge in [-0.15, -0.1) is 0 Å². The fourth-order valence-corrected chi connectivity index (χ4v) is 3.63. The van der Waals surface area contributed by atoms with Crippen LogP contribution in [0.1, 0.15) is 23.4 Å². The average Bonchev–Trinajstić information content (AvgIpc) is 2.94. The standard InChI is InChI=1S/C19H24Cl2N4O/c1-14-11-15(2)25(22-14)6-5-19(26)24-9-7-23(8-10-24)13-16-3-4-17(20)18(21)12-16/h3-4,11-12H,5-10,13H2,1-2H3. The van der Waals surface area contributed by atoms with E-state index in [1.165, 1.54) is 0 Å². The van der Waals surface area contributed by atoms with E-state index in [-0.39, 0.29) is 5.91 Å². The van der Waals surface area contributed by atoms with Crippen molar-refractivity contribution in [3.63, 3.8) is 0 Å². The van der Waals surface area contributed by atoms with Crippen molar-refractivity contribution < 1.29 is 4.79 Å². The van der Waals surface area contributed by atoms with Gasteiger partial charge in [0.2, 0.25) is 5.91 Å². The number of hydrogen-bond donors (Lipinski definition) is 0. The molecule has 0 unspecified atom stereocenters. The van der Waals surface area contributed by atoms with Crippen molar-refractivity contribution in [1.82, 2.24) is 19.6 Å². The van der Waals surface area contributed by atoms with Crippen LogP contribution in [-0.4, -0.2) is 51.7 Å². The summed E-state index contributed by atoms with van der Waals surface area (Å²) in [5.41, 5.74) is 3.23. The quantitative estimate of drug-likeness (QED) is 0.778. The van der Waals surface area contributed by atoms with E-state index in [1.807, 2.05) is 47.7 Å². The number of aryl methyl sites for hydroxylation is 3. The Kier molecular flexibility index (Phi) is 6.22. The fourth-order valence-electron chi connectivity index (χ4n) is 3.31. The molecular weight excluding hydrogens is 371 g/mol. The lowest BCUT2D eigenvalue weighted by Crippen LogP contribution is -2.48. The van der Waals surface area contributed by atoms with Gasteiger partial charge in [-0.25, -0.2) is 0 Å². The summed E-state index contributed by atoms with van der Waals surface area (Å²) in [5, 5.41) is 5.58. The van der Waals surface area contributed by atoms with E-state index in [4.69, 9.17) is 23.2 Å². The van der Waals surface area contributed by atoms with Crippen LogP contribution in [0.2, 0.25) is 10.0 Å². The number of nitrogens with zero attached hydrogens (tertiary/aromatic N) is 4. The molecule has 2 aromatic rings. The normalized spacial score (nSPS) is 15.5. The molecule has 0 atom stereocenters. The molecule has 0 saturated carbocycles. The number of hydrogen-bond acceptors (Lipinski definition) is 3. The number of piperazine rings is 1. The number of rotatable bonds is 5. The van der Waals surface area contributed by atoms with Crippen molar-refractivity contribution in [3.05, 3.63) is 51.3 Å². The Morgan fingerprint density at radius 1 is 1.08 bits per heavy atom. The van der Waals surface area contributed by atoms with Crippen molar-refractivity contribution in [2.24, 2.45) is 0 Å². The van der Waals surface area contributed by atoms with Gasteiger partial charge in [0.15, 0.2) is 0 Å². The highest BCUT2D eigenvalue weighted by Gasteiger charge is 2.21. The minimum Gasteiger partial charge on any atom is -0.340 e. The first kappa shape index (κ1) is 19.2. The lowest BCUT2D eigenvalue weighted by atomic mass is 10.2. The van der Waals surface area contributed by atoms with E-state index >= 15 is 0 Å². The maximum atomic E-state index is 12.5. The van der Waals surface area contributed by atoms with Crippen LogP contribution in [0.3, 0.4) is 0 Å². The van der Waals surface area contributed by atoms with Crippen LogP contribution < -0.4 is 0 Å². The molecule has 1 aromatic heterocycles. The van der Waals surface area contributed by atoms with Crippen LogP contribution in [0.4, 0.5) is 0 Å². The molecule has 1 aromatic carbocycles. The molecule has 0 bridgehead atoms. The van der Waals surface area contributed by atoms with Gasteiger partial charge in [-0.1, -0.05) is 29.3 Å². The van der Waals surface area contributed by atoms with E-state index < -0.39 is 0 Å². The molecule has 1 saturated heterocycles. The Hall–Kier alpha value is -1.56. The molecule has 3 rings (SSSR count). The Labute approximate surface area is 164 Å². The largest absolute Gasteiger partial charge is 0.340 e. The van der Waals surface area contributed by atoms with Crippen molar-refractivity contribution in [2.75, 3.05) is 26.2 Å². The van der Waals surface area contributed by atoms with Gasteiger partial charge in [0.1, 0.15) is 0 Å². The third kappa shape index (κ3) is 4.78. The average molecular weight is 395 g/mol. The molecule has 7 heteroatoms. The lowest BCUT2D eigenvalue weighted by molar-refractivity contribution is -0.133. The zero-order valence-corrected chi connectivity index (χ0v) is 16.7. The van der Waals surface area contributed by atoms with Gasteiger partial charge in [-0.05, 0) is 37.6 Å². The molecule has 1 aliphatic heterocycles. The molecule has 2 heterocycles. The molecule has 5 nitrogen and oxygen atoms in total. The molecule has 0 aliphatic carbocycles. The van der Waals surface area contributed by atoms with Crippen molar-refractivity contribution >= 4 is 29.1 Å². The van der Waals surface area contributed by atoms with Crippen LogP contribution in [0.25, 0.3) is 0 Å². The second-order valence-electron chi connectivity index (χ2n) is 6.81. The summed E-state index contributed by atoms with van der Waals surface area (Å²) in [5.74, 6) is 0.201. The van der Waals surface area contributed by atoms with Crippen LogP contribution in [-0.2, 0) is 17.9 Å². The summed E-state index contributed by atoms with van der Waals surface area (Å²) < 4.78 is 1.91. The predicted molar refractivity (Wildman–Crippen MR) is 105 cm³/mol. The second-order valence-corrected chi connectivity index (χ2v) is 7.62. The van der Waals surface area contributed by atoms with Gasteiger partial charge in [-0.2, -0.15) is 5.10 Å². The summed E-state index contributed by atoms with van der Waals surface area (Å²) in [6.45, 7) is 8.71. The maximum Gasteiger partial charge on any atom is 0.224 e. The third-order valence-corrected chi connectivity index (χ3v) is 5.50. The summed E-state index contributed by atoms with van der Waals surface area (Å²) in [6, 6.07) is 7.78. The van der Waals surface area contributed by atoms with Gasteiger partial charge in [0.05, 0.1) is 15.7 Å². The van der Waals surface area contributed by atoms with Gasteiger partial charge in [-0.3, -0.25) is 14.4 Å². The van der Waals surface area contributed by atoms with Crippen LogP contribution in [0.15, 0.2) is 24.3 Å². The van der Waals surface area contributed by atoms with Crippen LogP contribution in [0.5, 0.6) is 0 Å². The van der Waals surface area contributed by atoms with Crippen molar-refractivity contribution in [1.29, 1.82) is 0 Å². The lowest BCUT2D eigenvalue weighted by Gasteiger charge is -2.35. The summed E-state index contributed by atoms with van der Waals surface area (Å²) in [7, 11) is 0. The Morgan fingerprint density at radius 3 is 2.42 bits per heavy atom. The van der Waals surface area contributed by atoms with E-state index in [0.29, 0.717) is 23.0 Å². The van der Waals surface area contributed by atoms with Crippen LogP contribution >= 0.6 is 23.2 Å². The van der Waals surface area contributed by atoms with E-state index in [0.717, 1.165) is 49.7 Å². The molecule has 140 valence electrons. The maximum absolute atomic E-state index is 12.5. The van der Waals surface area contributed by atoms with Gasteiger partial charge < -0.3 is 4.90 Å². The monoisotopic (exact) mass is 394 g/mol. The Bertz CT molecular complexity index is 782. The summed E-state index contributed by atoms with van der Waals surface area (Å²) in [4.78, 5) is 16.8. The highest BCUT2D eigenvalue weighted by molar-refractivity contribution is 6.42. The summed E-state index contributed by atoms with van der Waals surface area (Å²) in [6.07, 6.45) is 0.495. The number of halogens is 2. The smallest absolute Gasteiger partial charge is 0.224 e. The number of aromatic nitrogens is 2. The third-order valence-electron chi connectivity index (χ3n) is 4.76. The first-order valence-corrected chi connectivity index (χ1v) is 9.63. The molecular formula is C19H24Cl2N4O. The minimum atomic E-state index is 0.201. The molecule has 1 aliphatic rings. The van der Waals surface area contributed by atoms with Gasteiger partial charge in [0.25, 0.3) is 0 Å². The van der Waals surface area contributed by atoms with Crippen molar-refractivity contribution in [2.45, 2.75) is 33.4 Å². The molecule has 0 radical (unpaired) electrons. The van der Waals surface area contributed by atoms with E-state index in [2.05, 4.69) is 10.00 Å². The highest BCUT2D eigenvalue weighted by Crippen LogP contribution is 2.23. The Morgan fingerprint density at radius 2 is 1.81 bits per heavy atom. The topological polar surface area (TPSA) is 41.4 Å².